The minimum Gasteiger partial charge on any atom is -0.353 e. The van der Waals surface area contributed by atoms with Crippen molar-refractivity contribution in [3.05, 3.63) is 0 Å². The molecule has 0 heterocycles. The summed E-state index contributed by atoms with van der Waals surface area (Å²) in [6, 6.07) is -0.177. The smallest absolute Gasteiger partial charge is 0.220 e. The lowest BCUT2D eigenvalue weighted by Gasteiger charge is -2.13. The molecule has 0 aliphatic heterocycles. The Hall–Kier alpha value is -0.640. The average molecular weight is 176 g/mol. The van der Waals surface area contributed by atoms with Gasteiger partial charge in [0.1, 0.15) is 0 Å². The number of hydrogen-bond donors (Lipinski definition) is 2. The zero-order valence-electron chi connectivity index (χ0n) is 7.64. The van der Waals surface area contributed by atoms with E-state index >= 15 is 0 Å². The topological polar surface area (TPSA) is 55.1 Å². The van der Waals surface area contributed by atoms with Crippen LogP contribution in [-0.4, -0.2) is 18.2 Å². The largest absolute Gasteiger partial charge is 0.353 e. The average Bonchev–Trinajstić information content (AvgIpc) is 1.84. The van der Waals surface area contributed by atoms with E-state index in [0.717, 1.165) is 6.42 Å². The second kappa shape index (κ2) is 5.94. The highest BCUT2D eigenvalue weighted by atomic mass is 19.1. The Morgan fingerprint density at radius 2 is 2.25 bits per heavy atom. The van der Waals surface area contributed by atoms with Crippen LogP contribution in [0.2, 0.25) is 0 Å². The summed E-state index contributed by atoms with van der Waals surface area (Å²) in [7, 11) is 0. The van der Waals surface area contributed by atoms with Crippen LogP contribution in [0.15, 0.2) is 0 Å². The van der Waals surface area contributed by atoms with Crippen LogP contribution in [0.3, 0.4) is 0 Å². The fraction of sp³-hybridized carbons (Fsp3) is 0.875. The quantitative estimate of drug-likeness (QED) is 0.612. The minimum atomic E-state index is -1.35. The van der Waals surface area contributed by atoms with Crippen LogP contribution in [0.25, 0.3) is 0 Å². The number of rotatable bonds is 5. The SMILES string of the molecule is CCCC(=O)NC(C)CC(N)F. The summed E-state index contributed by atoms with van der Waals surface area (Å²) in [5.74, 6) is -0.0364. The summed E-state index contributed by atoms with van der Waals surface area (Å²) < 4.78 is 12.2. The third kappa shape index (κ3) is 6.09. The van der Waals surface area contributed by atoms with E-state index in [0.29, 0.717) is 6.42 Å². The molecule has 0 aromatic heterocycles. The fourth-order valence-corrected chi connectivity index (χ4v) is 0.971. The van der Waals surface area contributed by atoms with Crippen molar-refractivity contribution in [1.82, 2.24) is 5.32 Å². The van der Waals surface area contributed by atoms with Crippen LogP contribution in [0.5, 0.6) is 0 Å². The molecule has 0 saturated heterocycles. The third-order valence-corrected chi connectivity index (χ3v) is 1.46. The van der Waals surface area contributed by atoms with Crippen molar-refractivity contribution in [3.8, 4) is 0 Å². The molecule has 0 spiro atoms. The van der Waals surface area contributed by atoms with E-state index in [9.17, 15) is 9.18 Å². The number of alkyl halides is 1. The van der Waals surface area contributed by atoms with E-state index in [4.69, 9.17) is 5.73 Å². The first-order valence-corrected chi connectivity index (χ1v) is 4.25. The maximum Gasteiger partial charge on any atom is 0.220 e. The summed E-state index contributed by atoms with van der Waals surface area (Å²) in [5, 5.41) is 2.65. The number of carbonyl (C=O) groups excluding carboxylic acids is 1. The minimum absolute atomic E-state index is 0.0364. The first-order chi connectivity index (χ1) is 5.56. The molecule has 2 unspecified atom stereocenters. The van der Waals surface area contributed by atoms with Gasteiger partial charge in [0, 0.05) is 18.9 Å². The van der Waals surface area contributed by atoms with E-state index in [1.54, 1.807) is 6.92 Å². The van der Waals surface area contributed by atoms with E-state index in [1.165, 1.54) is 0 Å². The number of amides is 1. The Morgan fingerprint density at radius 3 is 2.67 bits per heavy atom. The van der Waals surface area contributed by atoms with Crippen molar-refractivity contribution in [3.63, 3.8) is 0 Å². The van der Waals surface area contributed by atoms with Gasteiger partial charge in [0.15, 0.2) is 6.30 Å². The van der Waals surface area contributed by atoms with Gasteiger partial charge in [-0.15, -0.1) is 0 Å². The Morgan fingerprint density at radius 1 is 1.67 bits per heavy atom. The van der Waals surface area contributed by atoms with Gasteiger partial charge in [0.2, 0.25) is 5.91 Å². The number of halogens is 1. The molecule has 3 nitrogen and oxygen atoms in total. The molecule has 0 rings (SSSR count). The molecule has 4 heteroatoms. The van der Waals surface area contributed by atoms with Crippen LogP contribution in [-0.2, 0) is 4.79 Å². The highest BCUT2D eigenvalue weighted by Crippen LogP contribution is 1.97. The van der Waals surface area contributed by atoms with Gasteiger partial charge in [-0.25, -0.2) is 4.39 Å². The van der Waals surface area contributed by atoms with Crippen LogP contribution in [0.4, 0.5) is 4.39 Å². The van der Waals surface area contributed by atoms with Gasteiger partial charge in [0.05, 0.1) is 0 Å². The Balaban J connectivity index is 3.54. The molecule has 3 N–H and O–H groups in total. The maximum absolute atomic E-state index is 12.2. The Labute approximate surface area is 72.5 Å². The Kier molecular flexibility index (Phi) is 5.62. The first kappa shape index (κ1) is 11.4. The van der Waals surface area contributed by atoms with Gasteiger partial charge in [-0.2, -0.15) is 0 Å². The van der Waals surface area contributed by atoms with E-state index in [2.05, 4.69) is 5.32 Å². The second-order valence-electron chi connectivity index (χ2n) is 2.97. The number of nitrogens with two attached hydrogens (primary N) is 1. The molecule has 0 aliphatic rings. The Bertz CT molecular complexity index is 139. The van der Waals surface area contributed by atoms with Crippen LogP contribution < -0.4 is 11.1 Å². The highest BCUT2D eigenvalue weighted by Gasteiger charge is 2.09. The first-order valence-electron chi connectivity index (χ1n) is 4.25. The molecule has 2 atom stereocenters. The molecule has 0 bridgehead atoms. The lowest BCUT2D eigenvalue weighted by atomic mass is 10.2. The van der Waals surface area contributed by atoms with Crippen LogP contribution in [0.1, 0.15) is 33.1 Å². The predicted molar refractivity (Wildman–Crippen MR) is 46.2 cm³/mol. The normalized spacial score (nSPS) is 15.3. The van der Waals surface area contributed by atoms with Crippen molar-refractivity contribution < 1.29 is 9.18 Å². The molecule has 0 aromatic carbocycles. The number of hydrogen-bond acceptors (Lipinski definition) is 2. The summed E-state index contributed by atoms with van der Waals surface area (Å²) in [5.41, 5.74) is 4.93. The standard InChI is InChI=1S/C8H17FN2O/c1-3-4-8(12)11-6(2)5-7(9)10/h6-7H,3-5,10H2,1-2H3,(H,11,12). The van der Waals surface area contributed by atoms with Crippen molar-refractivity contribution in [2.45, 2.75) is 45.4 Å². The van der Waals surface area contributed by atoms with Gasteiger partial charge in [0.25, 0.3) is 0 Å². The van der Waals surface area contributed by atoms with Gasteiger partial charge in [-0.05, 0) is 13.3 Å². The summed E-state index contributed by atoms with van der Waals surface area (Å²) in [6.45, 7) is 3.66. The summed E-state index contributed by atoms with van der Waals surface area (Å²) >= 11 is 0. The van der Waals surface area contributed by atoms with E-state index in [-0.39, 0.29) is 18.4 Å². The lowest BCUT2D eigenvalue weighted by molar-refractivity contribution is -0.121. The monoisotopic (exact) mass is 176 g/mol. The zero-order chi connectivity index (χ0) is 9.56. The number of carbonyl (C=O) groups is 1. The maximum atomic E-state index is 12.2. The fourth-order valence-electron chi connectivity index (χ4n) is 0.971. The molecule has 72 valence electrons. The summed E-state index contributed by atoms with van der Waals surface area (Å²) in [4.78, 5) is 11.0. The molecule has 12 heavy (non-hydrogen) atoms. The second-order valence-corrected chi connectivity index (χ2v) is 2.97. The van der Waals surface area contributed by atoms with Crippen molar-refractivity contribution >= 4 is 5.91 Å². The molecule has 0 fully saturated rings. The molecule has 1 amide bonds. The van der Waals surface area contributed by atoms with Gasteiger partial charge < -0.3 is 11.1 Å². The number of nitrogens with one attached hydrogen (secondary N) is 1. The third-order valence-electron chi connectivity index (χ3n) is 1.46. The van der Waals surface area contributed by atoms with Crippen molar-refractivity contribution in [1.29, 1.82) is 0 Å². The van der Waals surface area contributed by atoms with Gasteiger partial charge >= 0.3 is 0 Å². The molecule has 0 radical (unpaired) electrons. The van der Waals surface area contributed by atoms with Gasteiger partial charge in [-0.1, -0.05) is 6.92 Å². The van der Waals surface area contributed by atoms with Gasteiger partial charge in [-0.3, -0.25) is 4.79 Å². The van der Waals surface area contributed by atoms with E-state index in [1.807, 2.05) is 6.92 Å². The van der Waals surface area contributed by atoms with Crippen LogP contribution >= 0.6 is 0 Å². The molecule has 0 aromatic rings. The summed E-state index contributed by atoms with van der Waals surface area (Å²) in [6.07, 6.45) is 0.128. The van der Waals surface area contributed by atoms with Crippen LogP contribution in [0, 0.1) is 0 Å². The van der Waals surface area contributed by atoms with E-state index < -0.39 is 6.30 Å². The highest BCUT2D eigenvalue weighted by molar-refractivity contribution is 5.76. The lowest BCUT2D eigenvalue weighted by Crippen LogP contribution is -2.35. The van der Waals surface area contributed by atoms with Crippen molar-refractivity contribution in [2.75, 3.05) is 0 Å². The molecular weight excluding hydrogens is 159 g/mol. The molecule has 0 aliphatic carbocycles. The predicted octanol–water partition coefficient (Wildman–Crippen LogP) is 0.936. The molecular formula is C8H17FN2O. The zero-order valence-corrected chi connectivity index (χ0v) is 7.64. The molecule has 0 saturated carbocycles. The van der Waals surface area contributed by atoms with Crippen molar-refractivity contribution in [2.24, 2.45) is 5.73 Å².